The van der Waals surface area contributed by atoms with Gasteiger partial charge in [-0.05, 0) is 40.9 Å². The second-order valence-electron chi connectivity index (χ2n) is 2.95. The lowest BCUT2D eigenvalue weighted by Gasteiger charge is -2.05. The summed E-state index contributed by atoms with van der Waals surface area (Å²) in [6.45, 7) is 2.10. The Morgan fingerprint density at radius 2 is 2.31 bits per heavy atom. The molecule has 0 aliphatic rings. The van der Waals surface area contributed by atoms with E-state index in [0.29, 0.717) is 5.88 Å². The van der Waals surface area contributed by atoms with Gasteiger partial charge in [-0.15, -0.1) is 22.9 Å². The Labute approximate surface area is 94.7 Å². The van der Waals surface area contributed by atoms with Crippen LogP contribution < -0.4 is 0 Å². The standard InChI is InChI=1S/C10H8BrClS/c1-6-4-9-7(2-3-13-9)8(5-12)10(6)11/h2-4H,5H2,1H3. The van der Waals surface area contributed by atoms with Crippen LogP contribution in [0, 0.1) is 6.92 Å². The fourth-order valence-corrected chi connectivity index (χ4v) is 3.25. The number of hydrogen-bond donors (Lipinski definition) is 0. The molecule has 1 heterocycles. The lowest BCUT2D eigenvalue weighted by Crippen LogP contribution is -1.85. The van der Waals surface area contributed by atoms with E-state index in [0.717, 1.165) is 4.47 Å². The first-order valence-electron chi connectivity index (χ1n) is 3.95. The van der Waals surface area contributed by atoms with Crippen LogP contribution in [0.2, 0.25) is 0 Å². The number of thiophene rings is 1. The molecule has 3 heteroatoms. The molecule has 0 amide bonds. The number of rotatable bonds is 1. The first kappa shape index (κ1) is 9.50. The molecule has 0 N–H and O–H groups in total. The maximum atomic E-state index is 5.91. The third kappa shape index (κ3) is 1.51. The van der Waals surface area contributed by atoms with Gasteiger partial charge in [0.05, 0.1) is 0 Å². The van der Waals surface area contributed by atoms with Crippen molar-refractivity contribution in [1.82, 2.24) is 0 Å². The van der Waals surface area contributed by atoms with E-state index >= 15 is 0 Å². The molecule has 0 spiro atoms. The summed E-state index contributed by atoms with van der Waals surface area (Å²) in [6.07, 6.45) is 0. The SMILES string of the molecule is Cc1cc2sccc2c(CCl)c1Br. The summed E-state index contributed by atoms with van der Waals surface area (Å²) in [4.78, 5) is 0. The minimum atomic E-state index is 0.565. The van der Waals surface area contributed by atoms with Crippen LogP contribution in [0.3, 0.4) is 0 Å². The predicted octanol–water partition coefficient (Wildman–Crippen LogP) is 4.71. The van der Waals surface area contributed by atoms with Crippen molar-refractivity contribution in [3.8, 4) is 0 Å². The molecule has 0 saturated heterocycles. The minimum absolute atomic E-state index is 0.565. The van der Waals surface area contributed by atoms with Crippen molar-refractivity contribution in [1.29, 1.82) is 0 Å². The molecule has 0 aliphatic carbocycles. The summed E-state index contributed by atoms with van der Waals surface area (Å²) < 4.78 is 2.46. The Balaban J connectivity index is 2.87. The van der Waals surface area contributed by atoms with Gasteiger partial charge >= 0.3 is 0 Å². The third-order valence-electron chi connectivity index (χ3n) is 2.11. The van der Waals surface area contributed by atoms with E-state index in [1.165, 1.54) is 21.2 Å². The van der Waals surface area contributed by atoms with Crippen molar-refractivity contribution in [3.63, 3.8) is 0 Å². The predicted molar refractivity (Wildman–Crippen MR) is 63.8 cm³/mol. The van der Waals surface area contributed by atoms with Crippen LogP contribution in [0.25, 0.3) is 10.1 Å². The van der Waals surface area contributed by atoms with Gasteiger partial charge in [-0.3, -0.25) is 0 Å². The number of benzene rings is 1. The Bertz CT molecular complexity index is 447. The maximum Gasteiger partial charge on any atom is 0.0491 e. The Morgan fingerprint density at radius 1 is 1.54 bits per heavy atom. The van der Waals surface area contributed by atoms with Gasteiger partial charge in [-0.25, -0.2) is 0 Å². The highest BCUT2D eigenvalue weighted by Gasteiger charge is 2.08. The van der Waals surface area contributed by atoms with Crippen molar-refractivity contribution in [2.24, 2.45) is 0 Å². The average molecular weight is 276 g/mol. The fraction of sp³-hybridized carbons (Fsp3) is 0.200. The Morgan fingerprint density at radius 3 is 3.00 bits per heavy atom. The smallest absolute Gasteiger partial charge is 0.0491 e. The summed E-state index contributed by atoms with van der Waals surface area (Å²) in [6, 6.07) is 4.32. The number of fused-ring (bicyclic) bond motifs is 1. The van der Waals surface area contributed by atoms with Gasteiger partial charge in [0.2, 0.25) is 0 Å². The molecule has 13 heavy (non-hydrogen) atoms. The number of halogens is 2. The van der Waals surface area contributed by atoms with Crippen LogP contribution in [0.15, 0.2) is 22.0 Å². The number of alkyl halides is 1. The van der Waals surface area contributed by atoms with Crippen molar-refractivity contribution in [2.45, 2.75) is 12.8 Å². The molecule has 1 aromatic heterocycles. The van der Waals surface area contributed by atoms with E-state index in [1.54, 1.807) is 11.3 Å². The normalized spacial score (nSPS) is 11.0. The van der Waals surface area contributed by atoms with Crippen molar-refractivity contribution in [2.75, 3.05) is 0 Å². The van der Waals surface area contributed by atoms with Gasteiger partial charge in [0.1, 0.15) is 0 Å². The molecular weight excluding hydrogens is 268 g/mol. The van der Waals surface area contributed by atoms with Crippen LogP contribution in [-0.2, 0) is 5.88 Å². The summed E-state index contributed by atoms with van der Waals surface area (Å²) in [5.41, 5.74) is 2.46. The first-order chi connectivity index (χ1) is 6.24. The van der Waals surface area contributed by atoms with Gasteiger partial charge in [-0.2, -0.15) is 0 Å². The molecule has 0 atom stereocenters. The van der Waals surface area contributed by atoms with Crippen LogP contribution in [0.1, 0.15) is 11.1 Å². The molecule has 0 radical (unpaired) electrons. The summed E-state index contributed by atoms with van der Waals surface area (Å²) in [5.74, 6) is 0.565. The molecule has 2 aromatic rings. The molecule has 0 unspecified atom stereocenters. The van der Waals surface area contributed by atoms with Gasteiger partial charge in [0.25, 0.3) is 0 Å². The lowest BCUT2D eigenvalue weighted by atomic mass is 10.1. The molecule has 0 saturated carbocycles. The molecule has 0 fully saturated rings. The topological polar surface area (TPSA) is 0 Å². The van der Waals surface area contributed by atoms with Gasteiger partial charge in [0, 0.05) is 15.1 Å². The zero-order chi connectivity index (χ0) is 9.42. The van der Waals surface area contributed by atoms with E-state index in [1.807, 2.05) is 0 Å². The Kier molecular flexibility index (Phi) is 2.63. The second-order valence-corrected chi connectivity index (χ2v) is 4.96. The summed E-state index contributed by atoms with van der Waals surface area (Å²) in [7, 11) is 0. The monoisotopic (exact) mass is 274 g/mol. The van der Waals surface area contributed by atoms with Crippen molar-refractivity contribution < 1.29 is 0 Å². The molecule has 0 aliphatic heterocycles. The van der Waals surface area contributed by atoms with Crippen molar-refractivity contribution in [3.05, 3.63) is 33.1 Å². The highest BCUT2D eigenvalue weighted by atomic mass is 79.9. The minimum Gasteiger partial charge on any atom is -0.144 e. The van der Waals surface area contributed by atoms with Gasteiger partial charge in [0.15, 0.2) is 0 Å². The fourth-order valence-electron chi connectivity index (χ4n) is 1.43. The molecule has 1 aromatic carbocycles. The van der Waals surface area contributed by atoms with Crippen molar-refractivity contribution >= 4 is 49.0 Å². The van der Waals surface area contributed by atoms with Crippen LogP contribution in [0.5, 0.6) is 0 Å². The summed E-state index contributed by atoms with van der Waals surface area (Å²) >= 11 is 11.2. The molecule has 0 bridgehead atoms. The van der Waals surface area contributed by atoms with E-state index in [9.17, 15) is 0 Å². The van der Waals surface area contributed by atoms with Crippen LogP contribution in [0.4, 0.5) is 0 Å². The zero-order valence-corrected chi connectivity index (χ0v) is 10.3. The Hall–Kier alpha value is -0.0500. The number of aryl methyl sites for hydroxylation is 1. The van der Waals surface area contributed by atoms with E-state index in [2.05, 4.69) is 40.4 Å². The van der Waals surface area contributed by atoms with Gasteiger partial charge in [-0.1, -0.05) is 15.9 Å². The van der Waals surface area contributed by atoms with Crippen LogP contribution in [-0.4, -0.2) is 0 Å². The molecule has 68 valence electrons. The van der Waals surface area contributed by atoms with Gasteiger partial charge < -0.3 is 0 Å². The van der Waals surface area contributed by atoms with E-state index in [4.69, 9.17) is 11.6 Å². The van der Waals surface area contributed by atoms with E-state index in [-0.39, 0.29) is 0 Å². The molecule has 2 rings (SSSR count). The first-order valence-corrected chi connectivity index (χ1v) is 6.16. The highest BCUT2D eigenvalue weighted by Crippen LogP contribution is 2.33. The zero-order valence-electron chi connectivity index (χ0n) is 7.10. The van der Waals surface area contributed by atoms with Crippen LogP contribution >= 0.6 is 38.9 Å². The number of hydrogen-bond acceptors (Lipinski definition) is 1. The summed E-state index contributed by atoms with van der Waals surface area (Å²) in [5, 5.41) is 3.38. The third-order valence-corrected chi connectivity index (χ3v) is 4.35. The van der Waals surface area contributed by atoms with E-state index < -0.39 is 0 Å². The quantitative estimate of drug-likeness (QED) is 0.661. The highest BCUT2D eigenvalue weighted by molar-refractivity contribution is 9.10. The maximum absolute atomic E-state index is 5.91. The molecular formula is C10H8BrClS. The average Bonchev–Trinajstić information content (AvgIpc) is 2.54. The largest absolute Gasteiger partial charge is 0.144 e. The molecule has 0 nitrogen and oxygen atoms in total. The lowest BCUT2D eigenvalue weighted by molar-refractivity contribution is 1.35. The second kappa shape index (κ2) is 3.60.